The highest BCUT2D eigenvalue weighted by Gasteiger charge is 2.29. The maximum absolute atomic E-state index is 9.51. The first-order valence-electron chi connectivity index (χ1n) is 4.45. The van der Waals surface area contributed by atoms with E-state index in [-0.39, 0.29) is 5.73 Å². The Kier molecular flexibility index (Phi) is 5.74. The molecule has 0 radical (unpaired) electrons. The molecule has 0 fully saturated rings. The van der Waals surface area contributed by atoms with Gasteiger partial charge in [-0.3, -0.25) is 0 Å². The van der Waals surface area contributed by atoms with Gasteiger partial charge < -0.3 is 19.0 Å². The second-order valence-electron chi connectivity index (χ2n) is 3.07. The van der Waals surface area contributed by atoms with Crippen LogP contribution in [0.5, 0.6) is 0 Å². The molecule has 0 bridgehead atoms. The molecule has 0 aromatic carbocycles. The Balaban J connectivity index is 4.08. The second kappa shape index (κ2) is 5.72. The number of methoxy groups -OCH3 is 2. The molecule has 2 unspecified atom stereocenters. The Morgan fingerprint density at radius 2 is 1.85 bits per heavy atom. The molecule has 0 rings (SSSR count). The van der Waals surface area contributed by atoms with Gasteiger partial charge in [-0.1, -0.05) is 6.92 Å². The Morgan fingerprint density at radius 3 is 2.15 bits per heavy atom. The van der Waals surface area contributed by atoms with Crippen LogP contribution in [-0.4, -0.2) is 40.1 Å². The van der Waals surface area contributed by atoms with Crippen molar-refractivity contribution in [1.29, 1.82) is 0 Å². The number of aliphatic hydroxyl groups excluding tert-OH is 1. The predicted octanol–water partition coefficient (Wildman–Crippen LogP) is 0.633. The summed E-state index contributed by atoms with van der Waals surface area (Å²) in [6.45, 7) is 5.54. The first kappa shape index (κ1) is 13.1. The summed E-state index contributed by atoms with van der Waals surface area (Å²) in [6, 6.07) is 0. The zero-order valence-electron chi connectivity index (χ0n) is 9.03. The fourth-order valence-corrected chi connectivity index (χ4v) is 2.62. The third-order valence-corrected chi connectivity index (χ3v) is 4.46. The van der Waals surface area contributed by atoms with Gasteiger partial charge in [0, 0.05) is 21.1 Å². The van der Waals surface area contributed by atoms with Crippen LogP contribution in [0.4, 0.5) is 0 Å². The molecule has 0 amide bonds. The zero-order valence-corrected chi connectivity index (χ0v) is 10.2. The molecule has 2 atom stereocenters. The maximum atomic E-state index is 9.51. The van der Waals surface area contributed by atoms with Gasteiger partial charge in [0.15, 0.2) is 0 Å². The van der Waals surface area contributed by atoms with Crippen LogP contribution in [0.25, 0.3) is 0 Å². The predicted molar refractivity (Wildman–Crippen MR) is 52.8 cm³/mol. The molecule has 5 heteroatoms. The molecule has 0 saturated carbocycles. The third-order valence-electron chi connectivity index (χ3n) is 2.10. The fourth-order valence-electron chi connectivity index (χ4n) is 0.928. The molecule has 0 aromatic rings. The fraction of sp³-hybridized carbons (Fsp3) is 1.00. The van der Waals surface area contributed by atoms with E-state index in [0.717, 1.165) is 0 Å². The van der Waals surface area contributed by atoms with Crippen LogP contribution in [0.1, 0.15) is 20.3 Å². The Hall–Kier alpha value is 0.0569. The molecular weight excluding hydrogens is 188 g/mol. The van der Waals surface area contributed by atoms with E-state index in [4.69, 9.17) is 13.9 Å². The molecule has 0 aromatic heterocycles. The topological polar surface area (TPSA) is 47.9 Å². The number of rotatable bonds is 6. The van der Waals surface area contributed by atoms with Crippen LogP contribution < -0.4 is 0 Å². The summed E-state index contributed by atoms with van der Waals surface area (Å²) in [5, 5.41) is 9.51. The minimum atomic E-state index is -1.65. The van der Waals surface area contributed by atoms with E-state index in [2.05, 4.69) is 0 Å². The Labute approximate surface area is 81.5 Å². The van der Waals surface area contributed by atoms with Crippen molar-refractivity contribution < 1.29 is 19.0 Å². The Bertz CT molecular complexity index is 138. The van der Waals surface area contributed by atoms with Crippen molar-refractivity contribution in [3.05, 3.63) is 0 Å². The molecule has 0 aliphatic rings. The summed E-state index contributed by atoms with van der Waals surface area (Å²) in [7, 11) is 1.38. The highest BCUT2D eigenvalue weighted by atomic mass is 28.3. The van der Waals surface area contributed by atoms with Gasteiger partial charge in [-0.15, -0.1) is 0 Å². The van der Waals surface area contributed by atoms with E-state index in [1.807, 2.05) is 13.5 Å². The summed E-state index contributed by atoms with van der Waals surface area (Å²) >= 11 is 0. The van der Waals surface area contributed by atoms with Crippen molar-refractivity contribution in [2.24, 2.45) is 0 Å². The smallest absolute Gasteiger partial charge is 0.269 e. The highest BCUT2D eigenvalue weighted by molar-refractivity contribution is 6.51. The van der Waals surface area contributed by atoms with Crippen LogP contribution in [0.3, 0.4) is 0 Å². The number of hydrogen-bond acceptors (Lipinski definition) is 4. The van der Waals surface area contributed by atoms with E-state index < -0.39 is 15.0 Å². The van der Waals surface area contributed by atoms with Crippen LogP contribution in [0.2, 0.25) is 6.55 Å². The average Bonchev–Trinajstić information content (AvgIpc) is 2.16. The van der Waals surface area contributed by atoms with Gasteiger partial charge in [0.1, 0.15) is 0 Å². The van der Waals surface area contributed by atoms with Crippen LogP contribution in [-0.2, 0) is 13.9 Å². The molecule has 4 nitrogen and oxygen atoms in total. The van der Waals surface area contributed by atoms with E-state index in [1.54, 1.807) is 6.92 Å². The Morgan fingerprint density at radius 1 is 1.38 bits per heavy atom. The minimum absolute atomic E-state index is 0.357. The lowest BCUT2D eigenvalue weighted by Crippen LogP contribution is -2.43. The van der Waals surface area contributed by atoms with Crippen molar-refractivity contribution in [3.63, 3.8) is 0 Å². The molecule has 80 valence electrons. The highest BCUT2D eigenvalue weighted by Crippen LogP contribution is 2.15. The van der Waals surface area contributed by atoms with Crippen molar-refractivity contribution in [3.8, 4) is 0 Å². The summed E-state index contributed by atoms with van der Waals surface area (Å²) in [5.41, 5.74) is -0.357. The van der Waals surface area contributed by atoms with E-state index in [1.165, 1.54) is 14.2 Å². The summed E-state index contributed by atoms with van der Waals surface area (Å²) in [5.74, 6) is -1.01. The van der Waals surface area contributed by atoms with E-state index in [9.17, 15) is 5.11 Å². The van der Waals surface area contributed by atoms with Gasteiger partial charge in [-0.25, -0.2) is 0 Å². The summed E-state index contributed by atoms with van der Waals surface area (Å²) < 4.78 is 15.6. The molecule has 13 heavy (non-hydrogen) atoms. The van der Waals surface area contributed by atoms with Gasteiger partial charge in [0.2, 0.25) is 9.04 Å². The van der Waals surface area contributed by atoms with Gasteiger partial charge in [0.25, 0.3) is 5.97 Å². The molecule has 0 aliphatic heterocycles. The van der Waals surface area contributed by atoms with Crippen molar-refractivity contribution in [2.75, 3.05) is 14.2 Å². The van der Waals surface area contributed by atoms with Crippen LogP contribution in [0, 0.1) is 0 Å². The standard InChI is InChI=1S/C8H20O4Si/c1-6-7(9)13(5)12-8(2,10-3)11-4/h7,9,13H,6H2,1-5H3. The lowest BCUT2D eigenvalue weighted by molar-refractivity contribution is -0.313. The largest absolute Gasteiger partial charge is 0.394 e. The lowest BCUT2D eigenvalue weighted by atomic mass is 10.5. The number of aliphatic hydroxyl groups is 1. The average molecular weight is 208 g/mol. The quantitative estimate of drug-likeness (QED) is 0.514. The summed E-state index contributed by atoms with van der Waals surface area (Å²) in [4.78, 5) is 0. The zero-order chi connectivity index (χ0) is 10.5. The SMILES string of the molecule is CCC(O)[SiH](C)OC(C)(OC)OC. The molecule has 1 N–H and O–H groups in total. The van der Waals surface area contributed by atoms with Gasteiger partial charge >= 0.3 is 0 Å². The monoisotopic (exact) mass is 208 g/mol. The van der Waals surface area contributed by atoms with E-state index >= 15 is 0 Å². The molecule has 0 spiro atoms. The van der Waals surface area contributed by atoms with E-state index in [0.29, 0.717) is 6.42 Å². The first-order chi connectivity index (χ1) is 5.99. The minimum Gasteiger partial charge on any atom is -0.394 e. The van der Waals surface area contributed by atoms with Gasteiger partial charge in [0.05, 0.1) is 5.73 Å². The van der Waals surface area contributed by atoms with Crippen LogP contribution >= 0.6 is 0 Å². The lowest BCUT2D eigenvalue weighted by Gasteiger charge is -2.30. The second-order valence-corrected chi connectivity index (χ2v) is 5.48. The number of hydrogen-bond donors (Lipinski definition) is 1. The first-order valence-corrected chi connectivity index (χ1v) is 6.74. The molecule has 0 saturated heterocycles. The normalized spacial score (nSPS) is 17.1. The summed E-state index contributed by atoms with van der Waals surface area (Å²) in [6.07, 6.45) is 0.705. The third kappa shape index (κ3) is 4.19. The van der Waals surface area contributed by atoms with Crippen LogP contribution in [0.15, 0.2) is 0 Å². The molecule has 0 aliphatic carbocycles. The van der Waals surface area contributed by atoms with Crippen molar-refractivity contribution in [1.82, 2.24) is 0 Å². The van der Waals surface area contributed by atoms with Crippen molar-refractivity contribution >= 4 is 9.04 Å². The van der Waals surface area contributed by atoms with Gasteiger partial charge in [-0.2, -0.15) is 0 Å². The van der Waals surface area contributed by atoms with Gasteiger partial charge in [-0.05, 0) is 13.0 Å². The molecule has 0 heterocycles. The van der Waals surface area contributed by atoms with Crippen molar-refractivity contribution in [2.45, 2.75) is 38.5 Å². The number of ether oxygens (including phenoxy) is 2. The maximum Gasteiger partial charge on any atom is 0.269 e. The molecular formula is C8H20O4Si.